The molecule has 1 fully saturated rings. The smallest absolute Gasteiger partial charge is 0.348 e. The number of nitrogens with two attached hydrogens (primary N) is 1. The second-order valence-electron chi connectivity index (χ2n) is 4.87. The third-order valence-corrected chi connectivity index (χ3v) is 3.12. The van der Waals surface area contributed by atoms with Crippen molar-refractivity contribution in [3.05, 3.63) is 21.1 Å². The van der Waals surface area contributed by atoms with E-state index in [0.29, 0.717) is 5.82 Å². The third kappa shape index (κ3) is 4.63. The Morgan fingerprint density at radius 1 is 1.47 bits per heavy atom. The van der Waals surface area contributed by atoms with E-state index in [1.807, 2.05) is 13.8 Å². The van der Waals surface area contributed by atoms with E-state index in [1.54, 1.807) is 0 Å². The van der Waals surface area contributed by atoms with Crippen molar-refractivity contribution in [1.29, 1.82) is 0 Å². The van der Waals surface area contributed by atoms with Gasteiger partial charge in [0.1, 0.15) is 5.82 Å². The zero-order chi connectivity index (χ0) is 14.6. The van der Waals surface area contributed by atoms with Crippen molar-refractivity contribution in [2.75, 3.05) is 5.73 Å². The molecule has 0 atom stereocenters. The van der Waals surface area contributed by atoms with Gasteiger partial charge in [-0.05, 0) is 5.92 Å². The predicted molar refractivity (Wildman–Crippen MR) is 75.2 cm³/mol. The summed E-state index contributed by atoms with van der Waals surface area (Å²) in [5.74, 6) is 1.36. The second kappa shape index (κ2) is 6.65. The maximum absolute atomic E-state index is 10.5. The van der Waals surface area contributed by atoms with Crippen LogP contribution in [0.1, 0.15) is 51.8 Å². The molecule has 7 heteroatoms. The van der Waals surface area contributed by atoms with Crippen LogP contribution >= 0.6 is 11.6 Å². The van der Waals surface area contributed by atoms with Crippen molar-refractivity contribution in [3.63, 3.8) is 0 Å². The Bertz CT molecular complexity index is 438. The Morgan fingerprint density at radius 2 is 2.05 bits per heavy atom. The normalized spacial score (nSPS) is 13.9. The van der Waals surface area contributed by atoms with Gasteiger partial charge < -0.3 is 5.73 Å². The molecule has 1 aliphatic rings. The van der Waals surface area contributed by atoms with Gasteiger partial charge in [0.2, 0.25) is 11.0 Å². The fraction of sp³-hybridized carbons (Fsp3) is 0.667. The molecule has 1 aliphatic carbocycles. The van der Waals surface area contributed by atoms with E-state index in [0.717, 1.165) is 5.92 Å². The summed E-state index contributed by atoms with van der Waals surface area (Å²) in [4.78, 5) is 17.4. The van der Waals surface area contributed by atoms with Gasteiger partial charge in [-0.15, -0.1) is 0 Å². The zero-order valence-electron chi connectivity index (χ0n) is 11.4. The fourth-order valence-corrected chi connectivity index (χ4v) is 1.67. The van der Waals surface area contributed by atoms with E-state index in [9.17, 15) is 10.1 Å². The monoisotopic (exact) mass is 286 g/mol. The minimum Gasteiger partial charge on any atom is -0.378 e. The number of hydrogen-bond acceptors (Lipinski definition) is 5. The summed E-state index contributed by atoms with van der Waals surface area (Å²) in [7, 11) is 0. The van der Waals surface area contributed by atoms with Gasteiger partial charge in [0.05, 0.1) is 4.92 Å². The van der Waals surface area contributed by atoms with E-state index >= 15 is 0 Å². The molecule has 19 heavy (non-hydrogen) atoms. The SMILES string of the molecule is CC(C)c1nc(N)c([N+](=O)[O-])c(Cl)n1.CCC1CC1. The van der Waals surface area contributed by atoms with Gasteiger partial charge in [0.15, 0.2) is 0 Å². The molecular formula is C12H19ClN4O2. The number of hydrogen-bond donors (Lipinski definition) is 1. The van der Waals surface area contributed by atoms with Gasteiger partial charge in [-0.2, -0.15) is 0 Å². The lowest BCUT2D eigenvalue weighted by molar-refractivity contribution is -0.384. The first-order valence-electron chi connectivity index (χ1n) is 6.34. The highest BCUT2D eigenvalue weighted by atomic mass is 35.5. The largest absolute Gasteiger partial charge is 0.378 e. The highest BCUT2D eigenvalue weighted by Gasteiger charge is 2.22. The molecule has 0 aliphatic heterocycles. The maximum Gasteiger partial charge on any atom is 0.348 e. The first kappa shape index (κ1) is 15.6. The van der Waals surface area contributed by atoms with E-state index in [2.05, 4.69) is 16.9 Å². The Kier molecular flexibility index (Phi) is 5.47. The van der Waals surface area contributed by atoms with Crippen LogP contribution < -0.4 is 5.73 Å². The molecule has 1 aromatic rings. The molecule has 0 spiro atoms. The van der Waals surface area contributed by atoms with Gasteiger partial charge >= 0.3 is 5.69 Å². The molecule has 1 aromatic heterocycles. The fourth-order valence-electron chi connectivity index (χ4n) is 1.41. The van der Waals surface area contributed by atoms with Gasteiger partial charge in [-0.1, -0.05) is 51.6 Å². The summed E-state index contributed by atoms with van der Waals surface area (Å²) in [6, 6.07) is 0. The summed E-state index contributed by atoms with van der Waals surface area (Å²) < 4.78 is 0. The first-order valence-corrected chi connectivity index (χ1v) is 6.71. The number of aromatic nitrogens is 2. The van der Waals surface area contributed by atoms with Crippen LogP contribution in [0.5, 0.6) is 0 Å². The maximum atomic E-state index is 10.5. The molecule has 0 aromatic carbocycles. The molecule has 1 heterocycles. The van der Waals surface area contributed by atoms with Crippen molar-refractivity contribution in [2.45, 2.75) is 46.0 Å². The van der Waals surface area contributed by atoms with Crippen LogP contribution in [-0.2, 0) is 0 Å². The number of anilines is 1. The average molecular weight is 287 g/mol. The lowest BCUT2D eigenvalue weighted by Gasteiger charge is -2.05. The van der Waals surface area contributed by atoms with Crippen LogP contribution in [-0.4, -0.2) is 14.9 Å². The number of halogens is 1. The molecular weight excluding hydrogens is 268 g/mol. The molecule has 0 unspecified atom stereocenters. The molecule has 2 N–H and O–H groups in total. The van der Waals surface area contributed by atoms with Crippen molar-refractivity contribution < 1.29 is 4.92 Å². The van der Waals surface area contributed by atoms with Gasteiger partial charge in [-0.25, -0.2) is 9.97 Å². The number of rotatable bonds is 3. The highest BCUT2D eigenvalue weighted by Crippen LogP contribution is 2.31. The first-order chi connectivity index (χ1) is 8.86. The van der Waals surface area contributed by atoms with Gasteiger partial charge in [0, 0.05) is 5.92 Å². The lowest BCUT2D eigenvalue weighted by Crippen LogP contribution is -2.06. The Labute approximate surface area is 117 Å². The number of nitrogen functional groups attached to an aromatic ring is 1. The summed E-state index contributed by atoms with van der Waals surface area (Å²) in [5, 5.41) is 10.3. The Morgan fingerprint density at radius 3 is 2.32 bits per heavy atom. The van der Waals surface area contributed by atoms with Gasteiger partial charge in [-0.3, -0.25) is 10.1 Å². The Balaban J connectivity index is 0.000000300. The third-order valence-electron chi connectivity index (χ3n) is 2.86. The van der Waals surface area contributed by atoms with Crippen LogP contribution in [0, 0.1) is 16.0 Å². The zero-order valence-corrected chi connectivity index (χ0v) is 12.1. The molecule has 2 rings (SSSR count). The number of nitro groups is 1. The minimum atomic E-state index is -0.693. The molecule has 0 bridgehead atoms. The van der Waals surface area contributed by atoms with Crippen LogP contribution in [0.15, 0.2) is 0 Å². The summed E-state index contributed by atoms with van der Waals surface area (Å²) in [5.41, 5.74) is 4.95. The van der Waals surface area contributed by atoms with Crippen LogP contribution in [0.2, 0.25) is 5.15 Å². The average Bonchev–Trinajstić information content (AvgIpc) is 3.11. The van der Waals surface area contributed by atoms with E-state index < -0.39 is 10.6 Å². The van der Waals surface area contributed by atoms with Crippen LogP contribution in [0.25, 0.3) is 0 Å². The van der Waals surface area contributed by atoms with Crippen molar-refractivity contribution in [2.24, 2.45) is 5.92 Å². The van der Waals surface area contributed by atoms with E-state index in [1.165, 1.54) is 19.3 Å². The predicted octanol–water partition coefficient (Wildman–Crippen LogP) is 3.55. The molecule has 0 amide bonds. The lowest BCUT2D eigenvalue weighted by atomic mass is 10.2. The number of nitrogens with zero attached hydrogens (tertiary/aromatic N) is 3. The van der Waals surface area contributed by atoms with E-state index in [4.69, 9.17) is 17.3 Å². The molecule has 0 radical (unpaired) electrons. The second-order valence-corrected chi connectivity index (χ2v) is 5.23. The molecule has 106 valence electrons. The summed E-state index contributed by atoms with van der Waals surface area (Å²) >= 11 is 5.60. The topological polar surface area (TPSA) is 94.9 Å². The van der Waals surface area contributed by atoms with E-state index in [-0.39, 0.29) is 16.9 Å². The molecule has 1 saturated carbocycles. The standard InChI is InChI=1S/C7H9ClN4O2.C5H10/c1-3(2)7-10-5(8)4(12(13)14)6(9)11-7;1-2-5-3-4-5/h3H,1-2H3,(H2,9,10,11);5H,2-4H2,1H3. The summed E-state index contributed by atoms with van der Waals surface area (Å²) in [6.07, 6.45) is 4.44. The minimum absolute atomic E-state index is 0.0237. The van der Waals surface area contributed by atoms with Crippen molar-refractivity contribution in [3.8, 4) is 0 Å². The summed E-state index contributed by atoms with van der Waals surface area (Å²) in [6.45, 7) is 5.95. The van der Waals surface area contributed by atoms with Crippen molar-refractivity contribution >= 4 is 23.1 Å². The quantitative estimate of drug-likeness (QED) is 0.521. The van der Waals surface area contributed by atoms with Gasteiger partial charge in [0.25, 0.3) is 0 Å². The molecule has 6 nitrogen and oxygen atoms in total. The highest BCUT2D eigenvalue weighted by molar-refractivity contribution is 6.31. The van der Waals surface area contributed by atoms with Crippen molar-refractivity contribution in [1.82, 2.24) is 9.97 Å². The van der Waals surface area contributed by atoms with Crippen LogP contribution in [0.4, 0.5) is 11.5 Å². The Hall–Kier alpha value is -1.43. The molecule has 0 saturated heterocycles. The van der Waals surface area contributed by atoms with Crippen LogP contribution in [0.3, 0.4) is 0 Å².